The number of likely N-dealkylation sites (N-methyl/N-ethyl adjacent to an activating group) is 1. The lowest BCUT2D eigenvalue weighted by molar-refractivity contribution is -0.129. The highest BCUT2D eigenvalue weighted by Crippen LogP contribution is 2.33. The molecule has 1 aliphatic heterocycles. The molecular weight excluding hydrogens is 586 g/mol. The van der Waals surface area contributed by atoms with E-state index in [1.807, 2.05) is 19.1 Å². The maximum atomic E-state index is 15.8. The fourth-order valence-corrected chi connectivity index (χ4v) is 6.91. The Hall–Kier alpha value is -4.42. The first-order valence-electron chi connectivity index (χ1n) is 14.6. The van der Waals surface area contributed by atoms with Crippen LogP contribution >= 0.6 is 11.3 Å². The van der Waals surface area contributed by atoms with Gasteiger partial charge in [0, 0.05) is 42.5 Å². The van der Waals surface area contributed by atoms with Gasteiger partial charge in [0.25, 0.3) is 11.5 Å². The second-order valence-corrected chi connectivity index (χ2v) is 12.1. The average molecular weight is 619 g/mol. The molecule has 2 aromatic carbocycles. The van der Waals surface area contributed by atoms with E-state index >= 15 is 4.39 Å². The summed E-state index contributed by atoms with van der Waals surface area (Å²) >= 11 is 1.35. The van der Waals surface area contributed by atoms with Crippen molar-refractivity contribution in [1.29, 1.82) is 0 Å². The number of aromatic nitrogens is 2. The third-order valence-corrected chi connectivity index (χ3v) is 9.34. The summed E-state index contributed by atoms with van der Waals surface area (Å²) in [6.45, 7) is 4.09. The van der Waals surface area contributed by atoms with Gasteiger partial charge in [0.15, 0.2) is 11.6 Å². The number of nitrogens with zero attached hydrogens (tertiary/aromatic N) is 3. The van der Waals surface area contributed by atoms with Crippen LogP contribution in [0, 0.1) is 11.6 Å². The van der Waals surface area contributed by atoms with Crippen LogP contribution in [0.25, 0.3) is 11.3 Å². The van der Waals surface area contributed by atoms with Crippen molar-refractivity contribution in [2.75, 3.05) is 30.3 Å². The van der Waals surface area contributed by atoms with Crippen molar-refractivity contribution < 1.29 is 18.4 Å². The van der Waals surface area contributed by atoms with Crippen LogP contribution in [0.1, 0.15) is 51.5 Å². The number of benzene rings is 2. The van der Waals surface area contributed by atoms with E-state index in [1.54, 1.807) is 18.2 Å². The van der Waals surface area contributed by atoms with Crippen LogP contribution in [-0.2, 0) is 24.7 Å². The fourth-order valence-electron chi connectivity index (χ4n) is 5.76. The number of hydrogen-bond acceptors (Lipinski definition) is 7. The van der Waals surface area contributed by atoms with Gasteiger partial charge in [-0.05, 0) is 73.7 Å². The Labute approximate surface area is 256 Å². The van der Waals surface area contributed by atoms with E-state index in [2.05, 4.69) is 25.8 Å². The first-order valence-corrected chi connectivity index (χ1v) is 15.4. The molecule has 4 aromatic rings. The molecule has 0 saturated carbocycles. The molecule has 9 nitrogen and oxygen atoms in total. The molecule has 3 N–H and O–H groups in total. The zero-order chi connectivity index (χ0) is 31.0. The Kier molecular flexibility index (Phi) is 8.28. The Morgan fingerprint density at radius 2 is 1.89 bits per heavy atom. The number of carbonyl (C=O) groups excluding carboxylic acids is 2. The van der Waals surface area contributed by atoms with Crippen molar-refractivity contribution >= 4 is 40.3 Å². The highest BCUT2D eigenvalue weighted by atomic mass is 32.1. The molecule has 0 bridgehead atoms. The molecule has 1 atom stereocenters. The van der Waals surface area contributed by atoms with E-state index in [4.69, 9.17) is 0 Å². The minimum atomic E-state index is -0.993. The number of carbonyl (C=O) groups is 2. The van der Waals surface area contributed by atoms with E-state index in [9.17, 15) is 18.8 Å². The zero-order valence-corrected chi connectivity index (χ0v) is 25.2. The molecule has 1 aliphatic carbocycles. The lowest BCUT2D eigenvalue weighted by atomic mass is 9.99. The Bertz CT molecular complexity index is 1780. The molecule has 2 aliphatic rings. The van der Waals surface area contributed by atoms with Crippen molar-refractivity contribution in [3.63, 3.8) is 0 Å². The lowest BCUT2D eigenvalue weighted by Gasteiger charge is -2.34. The topological polar surface area (TPSA) is 108 Å². The molecule has 44 heavy (non-hydrogen) atoms. The maximum absolute atomic E-state index is 15.8. The van der Waals surface area contributed by atoms with Crippen LogP contribution in [0.4, 0.5) is 26.0 Å². The van der Waals surface area contributed by atoms with Gasteiger partial charge in [-0.3, -0.25) is 19.3 Å². The molecule has 3 heterocycles. The predicted octanol–water partition coefficient (Wildman–Crippen LogP) is 5.15. The van der Waals surface area contributed by atoms with E-state index in [0.29, 0.717) is 17.1 Å². The van der Waals surface area contributed by atoms with Crippen LogP contribution in [0.3, 0.4) is 0 Å². The summed E-state index contributed by atoms with van der Waals surface area (Å²) in [7, 11) is 1.51. The van der Waals surface area contributed by atoms with Gasteiger partial charge >= 0.3 is 0 Å². The Morgan fingerprint density at radius 1 is 1.11 bits per heavy atom. The van der Waals surface area contributed by atoms with Gasteiger partial charge in [0.05, 0.1) is 10.6 Å². The third kappa shape index (κ3) is 5.74. The number of amides is 2. The maximum Gasteiger partial charge on any atom is 0.293 e. The Morgan fingerprint density at radius 3 is 2.64 bits per heavy atom. The summed E-state index contributed by atoms with van der Waals surface area (Å²) in [6.07, 6.45) is 5.27. The van der Waals surface area contributed by atoms with E-state index in [0.717, 1.165) is 60.8 Å². The summed E-state index contributed by atoms with van der Waals surface area (Å²) in [5, 5.41) is 8.30. The van der Waals surface area contributed by atoms with Gasteiger partial charge in [-0.15, -0.1) is 11.3 Å². The predicted molar refractivity (Wildman–Crippen MR) is 166 cm³/mol. The highest BCUT2D eigenvalue weighted by Gasteiger charge is 2.30. The first kappa shape index (κ1) is 29.6. The van der Waals surface area contributed by atoms with Crippen molar-refractivity contribution in [3.05, 3.63) is 91.5 Å². The van der Waals surface area contributed by atoms with Crippen LogP contribution in [-0.4, -0.2) is 45.9 Å². The van der Waals surface area contributed by atoms with Crippen molar-refractivity contribution in [1.82, 2.24) is 19.8 Å². The Balaban J connectivity index is 1.26. The summed E-state index contributed by atoms with van der Waals surface area (Å²) in [4.78, 5) is 46.5. The number of fused-ring (bicyclic) bond motifs is 1. The van der Waals surface area contributed by atoms with Gasteiger partial charge in [-0.25, -0.2) is 13.8 Å². The number of thiophene rings is 1. The summed E-state index contributed by atoms with van der Waals surface area (Å²) in [5.41, 5.74) is 1.43. The SMILES string of the molecule is CCN1CCNC(=O)C1c1ccc(Nc2nc(-c3ccc(F)c(NC(=O)c4cc5c(s4)CCCC5)c3F)cn(C)c2=O)cc1. The fraction of sp³-hybridized carbons (Fsp3) is 0.312. The summed E-state index contributed by atoms with van der Waals surface area (Å²) in [5.74, 6) is -2.62. The molecule has 12 heteroatoms. The molecule has 1 saturated heterocycles. The lowest BCUT2D eigenvalue weighted by Crippen LogP contribution is -2.49. The van der Waals surface area contributed by atoms with Gasteiger partial charge in [0.2, 0.25) is 5.91 Å². The average Bonchev–Trinajstić information content (AvgIpc) is 3.46. The second-order valence-electron chi connectivity index (χ2n) is 11.0. The molecule has 1 fully saturated rings. The van der Waals surface area contributed by atoms with Crippen molar-refractivity contribution in [2.24, 2.45) is 7.05 Å². The summed E-state index contributed by atoms with van der Waals surface area (Å²) < 4.78 is 31.9. The molecule has 6 rings (SSSR count). The number of hydrogen-bond donors (Lipinski definition) is 3. The summed E-state index contributed by atoms with van der Waals surface area (Å²) in [6, 6.07) is 10.8. The number of halogens is 2. The number of rotatable bonds is 7. The normalized spacial score (nSPS) is 16.7. The third-order valence-electron chi connectivity index (χ3n) is 8.10. The van der Waals surface area contributed by atoms with Gasteiger partial charge < -0.3 is 20.5 Å². The molecule has 0 spiro atoms. The van der Waals surface area contributed by atoms with Crippen LogP contribution < -0.4 is 21.5 Å². The van der Waals surface area contributed by atoms with Crippen molar-refractivity contribution in [2.45, 2.75) is 38.6 Å². The standard InChI is InChI=1S/C32H32F2N6O3S/c1-3-40-15-14-35-31(42)28(40)18-8-10-20(11-9-18)36-29-32(43)39(2)17-23(37-29)21-12-13-22(33)27(26(21)34)38-30(41)25-16-19-6-4-5-7-24(19)44-25/h8-13,16-17,28H,3-7,14-15H2,1-2H3,(H,35,42)(H,36,37)(H,38,41). The minimum Gasteiger partial charge on any atom is -0.353 e. The molecular formula is C32H32F2N6O3S. The number of anilines is 3. The van der Waals surface area contributed by atoms with Gasteiger partial charge in [-0.1, -0.05) is 19.1 Å². The van der Waals surface area contributed by atoms with Crippen LogP contribution in [0.5, 0.6) is 0 Å². The van der Waals surface area contributed by atoms with Gasteiger partial charge in [-0.2, -0.15) is 0 Å². The zero-order valence-electron chi connectivity index (χ0n) is 24.4. The van der Waals surface area contributed by atoms with E-state index < -0.39 is 34.8 Å². The molecule has 0 radical (unpaired) electrons. The number of aryl methyl sites for hydroxylation is 3. The molecule has 228 valence electrons. The highest BCUT2D eigenvalue weighted by molar-refractivity contribution is 7.14. The van der Waals surface area contributed by atoms with Crippen molar-refractivity contribution in [3.8, 4) is 11.3 Å². The largest absolute Gasteiger partial charge is 0.353 e. The molecule has 2 amide bonds. The van der Waals surface area contributed by atoms with E-state index in [-0.39, 0.29) is 23.0 Å². The minimum absolute atomic E-state index is 0.0616. The quantitative estimate of drug-likeness (QED) is 0.264. The number of nitrogens with one attached hydrogen (secondary N) is 3. The molecule has 2 aromatic heterocycles. The monoisotopic (exact) mass is 618 g/mol. The van der Waals surface area contributed by atoms with Crippen LogP contribution in [0.2, 0.25) is 0 Å². The van der Waals surface area contributed by atoms with Gasteiger partial charge in [0.1, 0.15) is 17.5 Å². The first-order chi connectivity index (χ1) is 21.2. The second kappa shape index (κ2) is 12.3. The van der Waals surface area contributed by atoms with E-state index in [1.165, 1.54) is 35.2 Å². The molecule has 1 unspecified atom stereocenters. The van der Waals surface area contributed by atoms with Crippen LogP contribution in [0.15, 0.2) is 53.5 Å². The number of piperazine rings is 1. The smallest absolute Gasteiger partial charge is 0.293 e.